The van der Waals surface area contributed by atoms with Crippen LogP contribution in [0.25, 0.3) is 0 Å². The molecular formula is C19H22N2O4S. The van der Waals surface area contributed by atoms with Crippen LogP contribution in [0.2, 0.25) is 0 Å². The van der Waals surface area contributed by atoms with E-state index in [1.807, 2.05) is 11.4 Å². The highest BCUT2D eigenvalue weighted by atomic mass is 32.1. The molecule has 0 atom stereocenters. The van der Waals surface area contributed by atoms with Gasteiger partial charge in [-0.1, -0.05) is 6.07 Å². The second-order valence-corrected chi connectivity index (χ2v) is 6.67. The molecule has 2 N–H and O–H groups in total. The fourth-order valence-corrected chi connectivity index (χ4v) is 3.04. The van der Waals surface area contributed by atoms with Crippen molar-refractivity contribution in [3.05, 3.63) is 52.2 Å². The van der Waals surface area contributed by atoms with Gasteiger partial charge in [0.2, 0.25) is 5.91 Å². The number of nitrogens with one attached hydrogen (secondary N) is 2. The van der Waals surface area contributed by atoms with Crippen molar-refractivity contribution in [3.8, 4) is 0 Å². The van der Waals surface area contributed by atoms with E-state index in [1.165, 1.54) is 12.0 Å². The van der Waals surface area contributed by atoms with Crippen molar-refractivity contribution >= 4 is 34.8 Å². The van der Waals surface area contributed by atoms with E-state index in [1.54, 1.807) is 35.6 Å². The van der Waals surface area contributed by atoms with Gasteiger partial charge in [0.25, 0.3) is 5.91 Å². The van der Waals surface area contributed by atoms with Crippen molar-refractivity contribution < 1.29 is 19.1 Å². The van der Waals surface area contributed by atoms with E-state index in [-0.39, 0.29) is 30.7 Å². The van der Waals surface area contributed by atoms with E-state index < -0.39 is 0 Å². The third kappa shape index (κ3) is 6.68. The van der Waals surface area contributed by atoms with Gasteiger partial charge in [-0.15, -0.1) is 11.3 Å². The minimum atomic E-state index is -0.373. The van der Waals surface area contributed by atoms with Crippen LogP contribution in [-0.4, -0.2) is 31.4 Å². The fraction of sp³-hybridized carbons (Fsp3) is 0.316. The molecule has 7 heteroatoms. The second kappa shape index (κ2) is 10.4. The van der Waals surface area contributed by atoms with E-state index in [4.69, 9.17) is 0 Å². The van der Waals surface area contributed by atoms with Gasteiger partial charge in [0.05, 0.1) is 13.5 Å². The van der Waals surface area contributed by atoms with Gasteiger partial charge in [0.1, 0.15) is 0 Å². The number of anilines is 1. The molecular weight excluding hydrogens is 352 g/mol. The lowest BCUT2D eigenvalue weighted by Crippen LogP contribution is -2.26. The molecule has 0 saturated heterocycles. The first-order valence-corrected chi connectivity index (χ1v) is 9.24. The number of esters is 1. The summed E-state index contributed by atoms with van der Waals surface area (Å²) in [6, 6.07) is 10.7. The molecule has 1 heterocycles. The lowest BCUT2D eigenvalue weighted by atomic mass is 10.1. The molecule has 2 amide bonds. The Hall–Kier alpha value is -2.67. The van der Waals surface area contributed by atoms with E-state index in [0.29, 0.717) is 17.7 Å². The standard InChI is InChI=1S/C19H22N2O4S/c1-25-18(23)11-12-20-19(24)14-7-9-15(10-8-14)21-17(22)6-2-4-16-5-3-13-26-16/h3,5,7-10,13H,2,4,6,11-12H2,1H3,(H,20,24)(H,21,22). The van der Waals surface area contributed by atoms with Gasteiger partial charge < -0.3 is 15.4 Å². The summed E-state index contributed by atoms with van der Waals surface area (Å²) in [7, 11) is 1.30. The highest BCUT2D eigenvalue weighted by Gasteiger charge is 2.08. The van der Waals surface area contributed by atoms with Gasteiger partial charge >= 0.3 is 5.97 Å². The Morgan fingerprint density at radius 1 is 1.08 bits per heavy atom. The molecule has 0 aliphatic rings. The molecule has 1 aromatic carbocycles. The van der Waals surface area contributed by atoms with Crippen LogP contribution in [-0.2, 0) is 20.7 Å². The number of rotatable bonds is 9. The maximum atomic E-state index is 12.0. The maximum absolute atomic E-state index is 12.0. The molecule has 0 spiro atoms. The summed E-state index contributed by atoms with van der Waals surface area (Å²) in [4.78, 5) is 36.2. The number of hydrogen-bond acceptors (Lipinski definition) is 5. The Morgan fingerprint density at radius 3 is 2.50 bits per heavy atom. The number of hydrogen-bond donors (Lipinski definition) is 2. The number of thiophene rings is 1. The Morgan fingerprint density at radius 2 is 1.85 bits per heavy atom. The fourth-order valence-electron chi connectivity index (χ4n) is 2.29. The predicted octanol–water partition coefficient (Wildman–Crippen LogP) is 3.00. The van der Waals surface area contributed by atoms with Gasteiger partial charge in [-0.3, -0.25) is 14.4 Å². The zero-order valence-corrected chi connectivity index (χ0v) is 15.4. The third-order valence-corrected chi connectivity index (χ3v) is 4.62. The maximum Gasteiger partial charge on any atom is 0.307 e. The minimum Gasteiger partial charge on any atom is -0.469 e. The Balaban J connectivity index is 1.72. The van der Waals surface area contributed by atoms with E-state index in [9.17, 15) is 14.4 Å². The van der Waals surface area contributed by atoms with Crippen molar-refractivity contribution in [2.24, 2.45) is 0 Å². The molecule has 0 saturated carbocycles. The van der Waals surface area contributed by atoms with Crippen LogP contribution in [0.5, 0.6) is 0 Å². The minimum absolute atomic E-state index is 0.0446. The lowest BCUT2D eigenvalue weighted by Gasteiger charge is -2.07. The Bertz CT molecular complexity index is 727. The van der Waals surface area contributed by atoms with Crippen LogP contribution in [0.3, 0.4) is 0 Å². The summed E-state index contributed by atoms with van der Waals surface area (Å²) < 4.78 is 4.51. The summed E-state index contributed by atoms with van der Waals surface area (Å²) in [5, 5.41) is 7.50. The normalized spacial score (nSPS) is 10.2. The monoisotopic (exact) mass is 374 g/mol. The zero-order valence-electron chi connectivity index (χ0n) is 14.6. The lowest BCUT2D eigenvalue weighted by molar-refractivity contribution is -0.140. The molecule has 0 radical (unpaired) electrons. The molecule has 1 aromatic heterocycles. The smallest absolute Gasteiger partial charge is 0.307 e. The topological polar surface area (TPSA) is 84.5 Å². The van der Waals surface area contributed by atoms with Crippen LogP contribution in [0.1, 0.15) is 34.5 Å². The summed E-state index contributed by atoms with van der Waals surface area (Å²) >= 11 is 1.70. The van der Waals surface area contributed by atoms with Gasteiger partial charge in [0.15, 0.2) is 0 Å². The van der Waals surface area contributed by atoms with Crippen LogP contribution in [0.15, 0.2) is 41.8 Å². The SMILES string of the molecule is COC(=O)CCNC(=O)c1ccc(NC(=O)CCCc2cccs2)cc1. The number of ether oxygens (including phenoxy) is 1. The van der Waals surface area contributed by atoms with E-state index in [0.717, 1.165) is 12.8 Å². The van der Waals surface area contributed by atoms with Crippen LogP contribution < -0.4 is 10.6 Å². The summed E-state index contributed by atoms with van der Waals surface area (Å²) in [6.07, 6.45) is 2.28. The van der Waals surface area contributed by atoms with Gasteiger partial charge in [-0.2, -0.15) is 0 Å². The average Bonchev–Trinajstić information content (AvgIpc) is 3.15. The number of carbonyl (C=O) groups is 3. The molecule has 6 nitrogen and oxygen atoms in total. The number of methoxy groups -OCH3 is 1. The molecule has 0 unspecified atom stereocenters. The molecule has 138 valence electrons. The molecule has 2 aromatic rings. The molecule has 0 aliphatic heterocycles. The zero-order chi connectivity index (χ0) is 18.8. The van der Waals surface area contributed by atoms with Crippen molar-refractivity contribution in [2.45, 2.75) is 25.7 Å². The largest absolute Gasteiger partial charge is 0.469 e. The summed E-state index contributed by atoms with van der Waals surface area (Å²) in [6.45, 7) is 0.217. The predicted molar refractivity (Wildman–Crippen MR) is 101 cm³/mol. The summed E-state index contributed by atoms with van der Waals surface area (Å²) in [5.74, 6) is -0.693. The highest BCUT2D eigenvalue weighted by Crippen LogP contribution is 2.13. The van der Waals surface area contributed by atoms with Crippen molar-refractivity contribution in [1.29, 1.82) is 0 Å². The van der Waals surface area contributed by atoms with E-state index in [2.05, 4.69) is 21.4 Å². The van der Waals surface area contributed by atoms with Crippen molar-refractivity contribution in [2.75, 3.05) is 19.0 Å². The van der Waals surface area contributed by atoms with E-state index >= 15 is 0 Å². The third-order valence-electron chi connectivity index (χ3n) is 3.68. The second-order valence-electron chi connectivity index (χ2n) is 5.64. The van der Waals surface area contributed by atoms with Crippen LogP contribution in [0.4, 0.5) is 5.69 Å². The first-order chi connectivity index (χ1) is 12.6. The molecule has 0 aliphatic carbocycles. The quantitative estimate of drug-likeness (QED) is 0.661. The van der Waals surface area contributed by atoms with Gasteiger partial charge in [-0.05, 0) is 48.6 Å². The van der Waals surface area contributed by atoms with Crippen LogP contribution in [0, 0.1) is 0 Å². The molecule has 2 rings (SSSR count). The number of carbonyl (C=O) groups excluding carboxylic acids is 3. The van der Waals surface area contributed by atoms with Crippen molar-refractivity contribution in [3.63, 3.8) is 0 Å². The first-order valence-electron chi connectivity index (χ1n) is 8.36. The Labute approximate surface area is 156 Å². The first kappa shape index (κ1) is 19.7. The van der Waals surface area contributed by atoms with Gasteiger partial charge in [-0.25, -0.2) is 0 Å². The Kier molecular flexibility index (Phi) is 7.82. The van der Waals surface area contributed by atoms with Crippen molar-refractivity contribution in [1.82, 2.24) is 5.32 Å². The highest BCUT2D eigenvalue weighted by molar-refractivity contribution is 7.09. The molecule has 26 heavy (non-hydrogen) atoms. The number of aryl methyl sites for hydroxylation is 1. The number of amides is 2. The molecule has 0 fully saturated rings. The molecule has 0 bridgehead atoms. The average molecular weight is 374 g/mol. The van der Waals surface area contributed by atoms with Gasteiger partial charge in [0, 0.05) is 29.1 Å². The van der Waals surface area contributed by atoms with Crippen LogP contribution >= 0.6 is 11.3 Å². The summed E-state index contributed by atoms with van der Waals surface area (Å²) in [5.41, 5.74) is 1.11. The number of benzene rings is 1.